The molecule has 0 bridgehead atoms. The average Bonchev–Trinajstić information content (AvgIpc) is 3.72. The van der Waals surface area contributed by atoms with Crippen molar-refractivity contribution in [3.05, 3.63) is 45.8 Å². The number of nitrogens with two attached hydrogens (primary N) is 1. The molecule has 0 saturated carbocycles. The van der Waals surface area contributed by atoms with Crippen LogP contribution in [0.1, 0.15) is 80.6 Å². The largest absolute Gasteiger partial charge is 0.493 e. The molecule has 0 spiro atoms. The fraction of sp³-hybridized carbons (Fsp3) is 0.500. The van der Waals surface area contributed by atoms with Crippen LogP contribution in [0.25, 0.3) is 10.1 Å². The van der Waals surface area contributed by atoms with Gasteiger partial charge >= 0.3 is 11.9 Å². The summed E-state index contributed by atoms with van der Waals surface area (Å²) in [6.45, 7) is 7.18. The second-order valence-electron chi connectivity index (χ2n) is 13.0. The van der Waals surface area contributed by atoms with Gasteiger partial charge in [0.1, 0.15) is 11.7 Å². The molecule has 15 heteroatoms. The smallest absolute Gasteiger partial charge is 0.306 e. The van der Waals surface area contributed by atoms with Crippen molar-refractivity contribution in [2.24, 2.45) is 5.73 Å². The molecule has 0 radical (unpaired) electrons. The third-order valence-electron chi connectivity index (χ3n) is 7.81. The van der Waals surface area contributed by atoms with E-state index in [-0.39, 0.29) is 110 Å². The Bertz CT molecular complexity index is 1770. The van der Waals surface area contributed by atoms with E-state index in [0.717, 1.165) is 11.3 Å². The Labute approximate surface area is 299 Å². The summed E-state index contributed by atoms with van der Waals surface area (Å²) in [6, 6.07) is 4.60. The number of halogens is 2. The van der Waals surface area contributed by atoms with Crippen molar-refractivity contribution in [1.29, 1.82) is 0 Å². The summed E-state index contributed by atoms with van der Waals surface area (Å²) in [6.07, 6.45) is -0.618. The number of methoxy groups -OCH3 is 2. The van der Waals surface area contributed by atoms with Crippen LogP contribution in [0.15, 0.2) is 18.2 Å². The molecule has 0 unspecified atom stereocenters. The molecule has 51 heavy (non-hydrogen) atoms. The number of rotatable bonds is 17. The summed E-state index contributed by atoms with van der Waals surface area (Å²) in [5.74, 6) is -3.05. The summed E-state index contributed by atoms with van der Waals surface area (Å²) in [5, 5.41) is 0.164. The van der Waals surface area contributed by atoms with Crippen LogP contribution in [0.3, 0.4) is 0 Å². The standard InChI is InChI=1S/C36H44F2N2O10S/c1-20(17-39)49-30(43)10-8-24(41)28-15-22-27(51-28)16-26(46-6)35(32(22)37)48-13-7-12-47-34-25(45-5)14-21-18-40(19-23(21)33(34)38)29(42)9-11-31(44)50-36(2,3)4/h14-16,20H,7-13,17-19,39H2,1-6H3/t20-/m0/s1. The zero-order valence-corrected chi connectivity index (χ0v) is 30.5. The van der Waals surface area contributed by atoms with E-state index in [9.17, 15) is 19.2 Å². The van der Waals surface area contributed by atoms with Gasteiger partial charge in [0.2, 0.25) is 5.91 Å². The van der Waals surface area contributed by atoms with Crippen LogP contribution in [0.5, 0.6) is 23.0 Å². The molecule has 2 aromatic carbocycles. The first-order valence-electron chi connectivity index (χ1n) is 16.5. The number of thiophene rings is 1. The maximum Gasteiger partial charge on any atom is 0.306 e. The molecule has 1 atom stereocenters. The van der Waals surface area contributed by atoms with Gasteiger partial charge in [0.15, 0.2) is 40.4 Å². The third-order valence-corrected chi connectivity index (χ3v) is 8.93. The zero-order chi connectivity index (χ0) is 37.5. The minimum Gasteiger partial charge on any atom is -0.493 e. The van der Waals surface area contributed by atoms with Crippen LogP contribution in [0, 0.1) is 11.6 Å². The van der Waals surface area contributed by atoms with Crippen LogP contribution >= 0.6 is 11.3 Å². The molecule has 0 saturated heterocycles. The molecule has 278 valence electrons. The average molecular weight is 735 g/mol. The van der Waals surface area contributed by atoms with E-state index < -0.39 is 35.3 Å². The minimum atomic E-state index is -0.715. The number of carbonyl (C=O) groups excluding carboxylic acids is 4. The number of hydrogen-bond donors (Lipinski definition) is 1. The van der Waals surface area contributed by atoms with Crippen molar-refractivity contribution in [3.63, 3.8) is 0 Å². The van der Waals surface area contributed by atoms with E-state index in [2.05, 4.69) is 0 Å². The molecule has 4 rings (SSSR count). The molecule has 0 aliphatic carbocycles. The van der Waals surface area contributed by atoms with Gasteiger partial charge in [-0.2, -0.15) is 0 Å². The van der Waals surface area contributed by atoms with Gasteiger partial charge in [0.05, 0.1) is 45.2 Å². The first-order valence-corrected chi connectivity index (χ1v) is 17.3. The molecule has 1 amide bonds. The molecular weight excluding hydrogens is 690 g/mol. The highest BCUT2D eigenvalue weighted by Crippen LogP contribution is 2.41. The minimum absolute atomic E-state index is 0.00976. The summed E-state index contributed by atoms with van der Waals surface area (Å²) >= 11 is 1.07. The van der Waals surface area contributed by atoms with Gasteiger partial charge in [-0.05, 0) is 45.4 Å². The first-order chi connectivity index (χ1) is 24.1. The van der Waals surface area contributed by atoms with E-state index in [4.69, 9.17) is 34.2 Å². The number of Topliss-reactive ketones (excluding diaryl/α,β-unsaturated/α-hetero) is 1. The van der Waals surface area contributed by atoms with Gasteiger partial charge in [0, 0.05) is 60.6 Å². The normalized spacial score (nSPS) is 13.1. The van der Waals surface area contributed by atoms with E-state index >= 15 is 8.78 Å². The molecule has 1 aliphatic heterocycles. The summed E-state index contributed by atoms with van der Waals surface area (Å²) in [5.41, 5.74) is 5.66. The number of ketones is 1. The Kier molecular flexibility index (Phi) is 13.2. The highest BCUT2D eigenvalue weighted by Gasteiger charge is 2.31. The number of esters is 2. The Morgan fingerprint density at radius 3 is 2.14 bits per heavy atom. The Morgan fingerprint density at radius 1 is 0.882 bits per heavy atom. The molecule has 0 fully saturated rings. The van der Waals surface area contributed by atoms with Crippen LogP contribution in [-0.2, 0) is 36.9 Å². The highest BCUT2D eigenvalue weighted by atomic mass is 32.1. The van der Waals surface area contributed by atoms with Crippen LogP contribution < -0.4 is 24.7 Å². The van der Waals surface area contributed by atoms with E-state index in [1.807, 2.05) is 0 Å². The molecule has 2 N–H and O–H groups in total. The number of nitrogens with zero attached hydrogens (tertiary/aromatic N) is 1. The summed E-state index contributed by atoms with van der Waals surface area (Å²) in [4.78, 5) is 51.3. The maximum atomic E-state index is 15.7. The second kappa shape index (κ2) is 17.1. The second-order valence-corrected chi connectivity index (χ2v) is 14.0. The number of amides is 1. The van der Waals surface area contributed by atoms with Crippen molar-refractivity contribution in [2.45, 2.75) is 84.6 Å². The fourth-order valence-electron chi connectivity index (χ4n) is 5.28. The number of fused-ring (bicyclic) bond motifs is 2. The van der Waals surface area contributed by atoms with Gasteiger partial charge in [0.25, 0.3) is 0 Å². The van der Waals surface area contributed by atoms with E-state index in [1.165, 1.54) is 25.2 Å². The SMILES string of the molecule is COc1cc2c(c(F)c1OCCCOc1c(OC)cc3sc(C(=O)CCC(=O)O[C@@H](C)CN)cc3c1F)CN(C(=O)CCC(=O)OC(C)(C)C)C2. The number of carbonyl (C=O) groups is 4. The lowest BCUT2D eigenvalue weighted by atomic mass is 10.1. The monoisotopic (exact) mass is 734 g/mol. The number of benzene rings is 2. The summed E-state index contributed by atoms with van der Waals surface area (Å²) in [7, 11) is 2.74. The van der Waals surface area contributed by atoms with Crippen molar-refractivity contribution < 1.29 is 56.4 Å². The lowest BCUT2D eigenvalue weighted by molar-refractivity contribution is -0.156. The third kappa shape index (κ3) is 10.1. The first kappa shape index (κ1) is 39.3. The predicted octanol–water partition coefficient (Wildman–Crippen LogP) is 5.86. The van der Waals surface area contributed by atoms with Crippen molar-refractivity contribution >= 4 is 45.1 Å². The van der Waals surface area contributed by atoms with E-state index in [1.54, 1.807) is 39.8 Å². The van der Waals surface area contributed by atoms with Gasteiger partial charge in [-0.1, -0.05) is 0 Å². The van der Waals surface area contributed by atoms with Crippen LogP contribution in [0.4, 0.5) is 8.78 Å². The number of hydrogen-bond acceptors (Lipinski definition) is 12. The lowest BCUT2D eigenvalue weighted by Crippen LogP contribution is -2.28. The van der Waals surface area contributed by atoms with E-state index in [0.29, 0.717) is 15.8 Å². The van der Waals surface area contributed by atoms with Crippen molar-refractivity contribution in [2.75, 3.05) is 34.0 Å². The van der Waals surface area contributed by atoms with Crippen molar-refractivity contribution in [1.82, 2.24) is 4.90 Å². The Balaban J connectivity index is 1.34. The predicted molar refractivity (Wildman–Crippen MR) is 184 cm³/mol. The molecule has 3 aromatic rings. The molecular formula is C36H44F2N2O10S. The molecule has 2 heterocycles. The fourth-order valence-corrected chi connectivity index (χ4v) is 6.34. The van der Waals surface area contributed by atoms with Crippen LogP contribution in [0.2, 0.25) is 0 Å². The zero-order valence-electron chi connectivity index (χ0n) is 29.7. The van der Waals surface area contributed by atoms with Gasteiger partial charge in [-0.15, -0.1) is 11.3 Å². The topological polar surface area (TPSA) is 153 Å². The highest BCUT2D eigenvalue weighted by molar-refractivity contribution is 7.20. The van der Waals surface area contributed by atoms with Gasteiger partial charge < -0.3 is 39.1 Å². The quantitative estimate of drug-likeness (QED) is 0.101. The van der Waals surface area contributed by atoms with Gasteiger partial charge in [-0.25, -0.2) is 8.78 Å². The molecule has 1 aromatic heterocycles. The number of ether oxygens (including phenoxy) is 6. The van der Waals surface area contributed by atoms with Gasteiger partial charge in [-0.3, -0.25) is 19.2 Å². The summed E-state index contributed by atoms with van der Waals surface area (Å²) < 4.78 is 64.4. The Hall–Kier alpha value is -4.50. The Morgan fingerprint density at radius 2 is 1.51 bits per heavy atom. The van der Waals surface area contributed by atoms with Crippen molar-refractivity contribution in [3.8, 4) is 23.0 Å². The lowest BCUT2D eigenvalue weighted by Gasteiger charge is -2.20. The van der Waals surface area contributed by atoms with Crippen LogP contribution in [-0.4, -0.2) is 74.2 Å². The molecule has 1 aliphatic rings. The maximum absolute atomic E-state index is 15.7. The molecule has 12 nitrogen and oxygen atoms in total.